The van der Waals surface area contributed by atoms with Crippen molar-refractivity contribution >= 4 is 23.6 Å². The summed E-state index contributed by atoms with van der Waals surface area (Å²) in [5.74, 6) is 0.0608. The molecule has 5 nitrogen and oxygen atoms in total. The molecule has 1 aromatic heterocycles. The van der Waals surface area contributed by atoms with E-state index < -0.39 is 5.97 Å². The van der Waals surface area contributed by atoms with Gasteiger partial charge in [0.2, 0.25) is 11.7 Å². The third kappa shape index (κ3) is 5.16. The fraction of sp³-hybridized carbons (Fsp3) is 0.333. The minimum Gasteiger partial charge on any atom is -0.475 e. The first-order valence-corrected chi connectivity index (χ1v) is 8.77. The molecule has 0 saturated carbocycles. The highest BCUT2D eigenvalue weighted by molar-refractivity contribution is 7.99. The van der Waals surface area contributed by atoms with E-state index in [1.165, 1.54) is 11.6 Å². The molecule has 1 aromatic carbocycles. The standard InChI is InChI=1S/C18H21NO4S/c1-12(2)16(24-11-13-6-4-3-5-7-13)17(20)19-10-14-8-9-15(23-14)18(21)22/h3-9,12,16H,10-11H2,1-2H3,(H,19,20)(H,21,22). The van der Waals surface area contributed by atoms with Gasteiger partial charge < -0.3 is 14.8 Å². The smallest absolute Gasteiger partial charge is 0.371 e. The molecule has 6 heteroatoms. The van der Waals surface area contributed by atoms with Gasteiger partial charge in [-0.2, -0.15) is 0 Å². The Labute approximate surface area is 145 Å². The van der Waals surface area contributed by atoms with Crippen LogP contribution in [0.3, 0.4) is 0 Å². The maximum absolute atomic E-state index is 12.4. The van der Waals surface area contributed by atoms with Gasteiger partial charge in [-0.05, 0) is 23.6 Å². The molecule has 1 atom stereocenters. The molecule has 0 bridgehead atoms. The molecule has 0 aliphatic carbocycles. The van der Waals surface area contributed by atoms with Crippen molar-refractivity contribution < 1.29 is 19.1 Å². The summed E-state index contributed by atoms with van der Waals surface area (Å²) < 4.78 is 5.14. The predicted octanol–water partition coefficient (Wildman–Crippen LogP) is 3.55. The number of nitrogens with one attached hydrogen (secondary N) is 1. The third-order valence-electron chi connectivity index (χ3n) is 3.45. The maximum Gasteiger partial charge on any atom is 0.371 e. The number of hydrogen-bond donors (Lipinski definition) is 2. The first-order chi connectivity index (χ1) is 11.5. The highest BCUT2D eigenvalue weighted by Crippen LogP contribution is 2.24. The summed E-state index contributed by atoms with van der Waals surface area (Å²) in [6.07, 6.45) is 0. The van der Waals surface area contributed by atoms with Crippen LogP contribution in [0.1, 0.15) is 35.7 Å². The quantitative estimate of drug-likeness (QED) is 0.763. The van der Waals surface area contributed by atoms with Crippen molar-refractivity contribution in [3.63, 3.8) is 0 Å². The van der Waals surface area contributed by atoms with Crippen LogP contribution in [-0.4, -0.2) is 22.2 Å². The first-order valence-electron chi connectivity index (χ1n) is 7.72. The molecule has 0 fully saturated rings. The molecular weight excluding hydrogens is 326 g/mol. The minimum absolute atomic E-state index is 0.0702. The number of carboxylic acids is 1. The number of benzene rings is 1. The summed E-state index contributed by atoms with van der Waals surface area (Å²) in [5.41, 5.74) is 1.18. The van der Waals surface area contributed by atoms with Crippen molar-refractivity contribution in [1.82, 2.24) is 5.32 Å². The van der Waals surface area contributed by atoms with Gasteiger partial charge in [-0.1, -0.05) is 44.2 Å². The van der Waals surface area contributed by atoms with Crippen LogP contribution in [0.25, 0.3) is 0 Å². The van der Waals surface area contributed by atoms with Crippen LogP contribution in [0.2, 0.25) is 0 Å². The van der Waals surface area contributed by atoms with Gasteiger partial charge >= 0.3 is 5.97 Å². The molecule has 0 radical (unpaired) electrons. The second-order valence-corrected chi connectivity index (χ2v) is 6.88. The fourth-order valence-corrected chi connectivity index (χ4v) is 3.38. The van der Waals surface area contributed by atoms with E-state index in [4.69, 9.17) is 9.52 Å². The second-order valence-electron chi connectivity index (χ2n) is 5.75. The normalized spacial score (nSPS) is 12.1. The third-order valence-corrected chi connectivity index (χ3v) is 5.06. The number of carboxylic acid groups (broad SMARTS) is 1. The average molecular weight is 347 g/mol. The zero-order valence-electron chi connectivity index (χ0n) is 13.7. The highest BCUT2D eigenvalue weighted by atomic mass is 32.2. The number of furan rings is 1. The molecular formula is C18H21NO4S. The van der Waals surface area contributed by atoms with Crippen molar-refractivity contribution in [2.24, 2.45) is 5.92 Å². The van der Waals surface area contributed by atoms with Crippen LogP contribution in [0.5, 0.6) is 0 Å². The molecule has 128 valence electrons. The molecule has 0 saturated heterocycles. The Morgan fingerprint density at radius 3 is 2.46 bits per heavy atom. The number of carbonyl (C=O) groups excluding carboxylic acids is 1. The lowest BCUT2D eigenvalue weighted by molar-refractivity contribution is -0.121. The lowest BCUT2D eigenvalue weighted by Gasteiger charge is -2.19. The number of thioether (sulfide) groups is 1. The summed E-state index contributed by atoms with van der Waals surface area (Å²) in [6, 6.07) is 13.0. The minimum atomic E-state index is -1.12. The van der Waals surface area contributed by atoms with Gasteiger partial charge in [0, 0.05) is 5.75 Å². The molecule has 0 aliphatic rings. The zero-order chi connectivity index (χ0) is 17.5. The van der Waals surface area contributed by atoms with Crippen LogP contribution >= 0.6 is 11.8 Å². The lowest BCUT2D eigenvalue weighted by Crippen LogP contribution is -2.35. The molecule has 0 spiro atoms. The Bertz CT molecular complexity index is 681. The van der Waals surface area contributed by atoms with Crippen LogP contribution in [-0.2, 0) is 17.1 Å². The Morgan fingerprint density at radius 1 is 1.17 bits per heavy atom. The van der Waals surface area contributed by atoms with Gasteiger partial charge in [0.05, 0.1) is 11.8 Å². The van der Waals surface area contributed by atoms with Gasteiger partial charge in [0.25, 0.3) is 0 Å². The molecule has 1 heterocycles. The largest absolute Gasteiger partial charge is 0.475 e. The summed E-state index contributed by atoms with van der Waals surface area (Å²) in [4.78, 5) is 23.2. The van der Waals surface area contributed by atoms with E-state index in [1.807, 2.05) is 44.2 Å². The van der Waals surface area contributed by atoms with E-state index in [0.717, 1.165) is 5.75 Å². The van der Waals surface area contributed by atoms with Gasteiger partial charge in [0.1, 0.15) is 5.76 Å². The summed E-state index contributed by atoms with van der Waals surface area (Å²) >= 11 is 1.60. The van der Waals surface area contributed by atoms with Gasteiger partial charge in [0.15, 0.2) is 0 Å². The van der Waals surface area contributed by atoms with Crippen molar-refractivity contribution in [3.8, 4) is 0 Å². The first kappa shape index (κ1) is 18.1. The molecule has 2 aromatic rings. The van der Waals surface area contributed by atoms with Crippen LogP contribution in [0.15, 0.2) is 46.9 Å². The van der Waals surface area contributed by atoms with E-state index in [1.54, 1.807) is 17.8 Å². The van der Waals surface area contributed by atoms with Gasteiger partial charge in [-0.3, -0.25) is 4.79 Å². The topological polar surface area (TPSA) is 79.5 Å². The van der Waals surface area contributed by atoms with Crippen LogP contribution in [0.4, 0.5) is 0 Å². The Hall–Kier alpha value is -2.21. The molecule has 24 heavy (non-hydrogen) atoms. The number of hydrogen-bond acceptors (Lipinski definition) is 4. The fourth-order valence-electron chi connectivity index (χ4n) is 2.19. The summed E-state index contributed by atoms with van der Waals surface area (Å²) in [7, 11) is 0. The van der Waals surface area contributed by atoms with Crippen molar-refractivity contribution in [2.45, 2.75) is 31.4 Å². The molecule has 1 amide bonds. The summed E-state index contributed by atoms with van der Waals surface area (Å²) in [6.45, 7) is 4.20. The molecule has 2 N–H and O–H groups in total. The van der Waals surface area contributed by atoms with E-state index >= 15 is 0 Å². The van der Waals surface area contributed by atoms with E-state index in [9.17, 15) is 9.59 Å². The Balaban J connectivity index is 1.89. The maximum atomic E-state index is 12.4. The van der Waals surface area contributed by atoms with Crippen LogP contribution in [0, 0.1) is 5.92 Å². The molecule has 1 unspecified atom stereocenters. The number of rotatable bonds is 8. The SMILES string of the molecule is CC(C)C(SCc1ccccc1)C(=O)NCc1ccc(C(=O)O)o1. The highest BCUT2D eigenvalue weighted by Gasteiger charge is 2.23. The zero-order valence-corrected chi connectivity index (χ0v) is 14.5. The lowest BCUT2D eigenvalue weighted by atomic mass is 10.1. The van der Waals surface area contributed by atoms with Crippen molar-refractivity contribution in [1.29, 1.82) is 0 Å². The number of carbonyl (C=O) groups is 2. The monoisotopic (exact) mass is 347 g/mol. The molecule has 2 rings (SSSR count). The van der Waals surface area contributed by atoms with E-state index in [2.05, 4.69) is 5.32 Å². The average Bonchev–Trinajstić information content (AvgIpc) is 3.03. The Kier molecular flexibility index (Phi) is 6.49. The van der Waals surface area contributed by atoms with Gasteiger partial charge in [-0.25, -0.2) is 4.79 Å². The molecule has 0 aliphatic heterocycles. The van der Waals surface area contributed by atoms with Gasteiger partial charge in [-0.15, -0.1) is 11.8 Å². The second kappa shape index (κ2) is 8.59. The number of amides is 1. The number of aromatic carboxylic acids is 1. The van der Waals surface area contributed by atoms with E-state index in [-0.39, 0.29) is 29.4 Å². The van der Waals surface area contributed by atoms with Crippen molar-refractivity contribution in [3.05, 3.63) is 59.5 Å². The van der Waals surface area contributed by atoms with Crippen molar-refractivity contribution in [2.75, 3.05) is 0 Å². The van der Waals surface area contributed by atoms with Crippen LogP contribution < -0.4 is 5.32 Å². The Morgan fingerprint density at radius 2 is 1.88 bits per heavy atom. The van der Waals surface area contributed by atoms with E-state index in [0.29, 0.717) is 5.76 Å². The summed E-state index contributed by atoms with van der Waals surface area (Å²) in [5, 5.41) is 11.5. The predicted molar refractivity (Wildman–Crippen MR) is 93.9 cm³/mol.